The molecule has 0 spiro atoms. The predicted molar refractivity (Wildman–Crippen MR) is 78.1 cm³/mol. The van der Waals surface area contributed by atoms with Crippen molar-refractivity contribution in [3.05, 3.63) is 59.9 Å². The van der Waals surface area contributed by atoms with Gasteiger partial charge in [-0.05, 0) is 30.3 Å². The summed E-state index contributed by atoms with van der Waals surface area (Å²) in [4.78, 5) is 23.4. The van der Waals surface area contributed by atoms with E-state index in [9.17, 15) is 22.8 Å². The molecule has 0 saturated carbocycles. The van der Waals surface area contributed by atoms with E-state index in [1.165, 1.54) is 36.1 Å². The number of pyridine rings is 1. The second kappa shape index (κ2) is 7.12. The summed E-state index contributed by atoms with van der Waals surface area (Å²) in [5.41, 5.74) is -0.263. The van der Waals surface area contributed by atoms with E-state index >= 15 is 0 Å². The Balaban J connectivity index is 2.02. The molecule has 0 unspecified atom stereocenters. The molecule has 126 valence electrons. The lowest BCUT2D eigenvalue weighted by Gasteiger charge is -2.08. The molecule has 1 heterocycles. The van der Waals surface area contributed by atoms with E-state index in [0.29, 0.717) is 0 Å². The predicted octanol–water partition coefficient (Wildman–Crippen LogP) is 2.42. The number of nitrogens with zero attached hydrogens (tertiary/aromatic N) is 1. The molecule has 0 bridgehead atoms. The van der Waals surface area contributed by atoms with Crippen LogP contribution < -0.4 is 9.88 Å². The number of amides is 1. The van der Waals surface area contributed by atoms with Crippen molar-refractivity contribution >= 4 is 17.6 Å². The van der Waals surface area contributed by atoms with Crippen LogP contribution >= 0.6 is 0 Å². The van der Waals surface area contributed by atoms with Crippen LogP contribution in [0.25, 0.3) is 0 Å². The summed E-state index contributed by atoms with van der Waals surface area (Å²) in [6, 6.07) is 7.25. The van der Waals surface area contributed by atoms with Gasteiger partial charge in [0.1, 0.15) is 5.56 Å². The topological polar surface area (TPSA) is 59.3 Å². The number of ether oxygens (including phenoxy) is 1. The van der Waals surface area contributed by atoms with E-state index in [1.54, 1.807) is 12.3 Å². The molecule has 1 N–H and O–H groups in total. The van der Waals surface area contributed by atoms with Crippen molar-refractivity contribution in [2.45, 2.75) is 12.7 Å². The Kier molecular flexibility index (Phi) is 5.18. The van der Waals surface area contributed by atoms with E-state index in [0.717, 1.165) is 12.1 Å². The van der Waals surface area contributed by atoms with E-state index in [2.05, 4.69) is 10.1 Å². The van der Waals surface area contributed by atoms with Gasteiger partial charge in [-0.25, -0.2) is 4.79 Å². The summed E-state index contributed by atoms with van der Waals surface area (Å²) in [6.45, 7) is -0.105. The van der Waals surface area contributed by atoms with E-state index in [4.69, 9.17) is 0 Å². The molecule has 0 aliphatic rings. The van der Waals surface area contributed by atoms with Crippen LogP contribution in [0, 0.1) is 0 Å². The maximum atomic E-state index is 12.5. The third-order valence-corrected chi connectivity index (χ3v) is 3.10. The summed E-state index contributed by atoms with van der Waals surface area (Å²) >= 11 is 0. The minimum atomic E-state index is -4.42. The average Bonchev–Trinajstić information content (AvgIpc) is 2.54. The van der Waals surface area contributed by atoms with Gasteiger partial charge in [0, 0.05) is 11.8 Å². The van der Waals surface area contributed by atoms with Crippen LogP contribution in [0.2, 0.25) is 0 Å². The summed E-state index contributed by atoms with van der Waals surface area (Å²) in [5.74, 6) is -0.978. The van der Waals surface area contributed by atoms with E-state index < -0.39 is 23.6 Å². The molecule has 0 radical (unpaired) electrons. The summed E-state index contributed by atoms with van der Waals surface area (Å²) in [7, 11) is 1.25. The lowest BCUT2D eigenvalue weighted by atomic mass is 10.2. The van der Waals surface area contributed by atoms with Crippen molar-refractivity contribution in [2.75, 3.05) is 12.4 Å². The number of rotatable bonds is 4. The first-order valence-electron chi connectivity index (χ1n) is 6.84. The third-order valence-electron chi connectivity index (χ3n) is 3.10. The minimum Gasteiger partial charge on any atom is -0.465 e. The van der Waals surface area contributed by atoms with Gasteiger partial charge in [0.25, 0.3) is 5.91 Å². The molecular weight excluding hydrogens is 325 g/mol. The number of alkyl halides is 3. The van der Waals surface area contributed by atoms with Gasteiger partial charge in [0.2, 0.25) is 6.54 Å². The van der Waals surface area contributed by atoms with Crippen molar-refractivity contribution in [1.29, 1.82) is 0 Å². The Morgan fingerprint density at radius 3 is 2.42 bits per heavy atom. The molecule has 0 saturated heterocycles. The molecule has 1 aromatic heterocycles. The Hall–Kier alpha value is -2.90. The van der Waals surface area contributed by atoms with Gasteiger partial charge < -0.3 is 10.1 Å². The van der Waals surface area contributed by atoms with Gasteiger partial charge in [-0.2, -0.15) is 17.7 Å². The molecule has 5 nitrogen and oxygen atoms in total. The average molecular weight is 339 g/mol. The number of hydrogen-bond donors (Lipinski definition) is 1. The van der Waals surface area contributed by atoms with Crippen molar-refractivity contribution in [2.24, 2.45) is 0 Å². The number of nitrogens with one attached hydrogen (secondary N) is 1. The van der Waals surface area contributed by atoms with Gasteiger partial charge in [0.05, 0.1) is 12.7 Å². The van der Waals surface area contributed by atoms with Crippen molar-refractivity contribution in [3.63, 3.8) is 0 Å². The van der Waals surface area contributed by atoms with Crippen molar-refractivity contribution in [1.82, 2.24) is 0 Å². The maximum Gasteiger partial charge on any atom is 0.416 e. The molecule has 0 aliphatic heterocycles. The number of carbonyl (C=O) groups excluding carboxylic acids is 2. The molecule has 1 amide bonds. The highest BCUT2D eigenvalue weighted by atomic mass is 19.4. The Labute approximate surface area is 135 Å². The molecule has 1 aromatic carbocycles. The second-order valence-corrected chi connectivity index (χ2v) is 4.88. The van der Waals surface area contributed by atoms with Crippen LogP contribution in [0.4, 0.5) is 18.9 Å². The molecule has 0 aliphatic carbocycles. The highest BCUT2D eigenvalue weighted by molar-refractivity contribution is 5.90. The summed E-state index contributed by atoms with van der Waals surface area (Å²) in [6.07, 6.45) is -1.40. The second-order valence-electron chi connectivity index (χ2n) is 4.88. The van der Waals surface area contributed by atoms with Gasteiger partial charge >= 0.3 is 12.1 Å². The van der Waals surface area contributed by atoms with Crippen LogP contribution in [0.1, 0.15) is 15.9 Å². The van der Waals surface area contributed by atoms with Crippen molar-refractivity contribution in [3.8, 4) is 0 Å². The van der Waals surface area contributed by atoms with Crippen molar-refractivity contribution < 1.29 is 32.1 Å². The zero-order valence-electron chi connectivity index (χ0n) is 12.6. The monoisotopic (exact) mass is 339 g/mol. The Morgan fingerprint density at radius 1 is 1.17 bits per heavy atom. The number of benzene rings is 1. The van der Waals surface area contributed by atoms with Crippen LogP contribution in [-0.4, -0.2) is 19.0 Å². The number of anilines is 1. The first kappa shape index (κ1) is 17.5. The van der Waals surface area contributed by atoms with Gasteiger partial charge in [0.15, 0.2) is 12.4 Å². The minimum absolute atomic E-state index is 0.105. The first-order chi connectivity index (χ1) is 11.3. The van der Waals surface area contributed by atoms with Gasteiger partial charge in [-0.1, -0.05) is 0 Å². The Bertz CT molecular complexity index is 743. The van der Waals surface area contributed by atoms with Crippen LogP contribution in [0.5, 0.6) is 0 Å². The highest BCUT2D eigenvalue weighted by Gasteiger charge is 2.30. The quantitative estimate of drug-likeness (QED) is 0.687. The number of methoxy groups -OCH3 is 1. The fourth-order valence-electron chi connectivity index (χ4n) is 1.97. The standard InChI is InChI=1S/C16H13F3N2O3/c1-24-15(23)11-3-2-8-21(9-11)10-14(22)20-13-6-4-12(5-7-13)16(17,18)19/h2-9H,10H2,1H3/p+1. The lowest BCUT2D eigenvalue weighted by molar-refractivity contribution is -0.684. The van der Waals surface area contributed by atoms with Crippen LogP contribution in [0.15, 0.2) is 48.8 Å². The lowest BCUT2D eigenvalue weighted by Crippen LogP contribution is -2.40. The molecule has 24 heavy (non-hydrogen) atoms. The summed E-state index contributed by atoms with van der Waals surface area (Å²) < 4.78 is 43.5. The maximum absolute atomic E-state index is 12.5. The van der Waals surface area contributed by atoms with Gasteiger partial charge in [-0.15, -0.1) is 0 Å². The van der Waals surface area contributed by atoms with Gasteiger partial charge in [-0.3, -0.25) is 4.79 Å². The molecule has 2 aromatic rings. The number of carbonyl (C=O) groups is 2. The Morgan fingerprint density at radius 2 is 1.83 bits per heavy atom. The molecule has 0 atom stereocenters. The van der Waals surface area contributed by atoms with Crippen LogP contribution in [-0.2, 0) is 22.3 Å². The normalized spacial score (nSPS) is 11.0. The first-order valence-corrected chi connectivity index (χ1v) is 6.84. The number of esters is 1. The van der Waals surface area contributed by atoms with E-state index in [1.807, 2.05) is 0 Å². The smallest absolute Gasteiger partial charge is 0.416 e. The van der Waals surface area contributed by atoms with Crippen LogP contribution in [0.3, 0.4) is 0 Å². The number of hydrogen-bond acceptors (Lipinski definition) is 3. The fourth-order valence-corrected chi connectivity index (χ4v) is 1.97. The number of aromatic nitrogens is 1. The molecule has 8 heteroatoms. The molecule has 2 rings (SSSR count). The highest BCUT2D eigenvalue weighted by Crippen LogP contribution is 2.29. The zero-order valence-corrected chi connectivity index (χ0v) is 12.6. The largest absolute Gasteiger partial charge is 0.465 e. The number of halogens is 3. The fraction of sp³-hybridized carbons (Fsp3) is 0.188. The molecular formula is C16H14F3N2O3+. The van der Waals surface area contributed by atoms with E-state index in [-0.39, 0.29) is 17.8 Å². The third kappa shape index (κ3) is 4.55. The zero-order chi connectivity index (χ0) is 17.7. The SMILES string of the molecule is COC(=O)c1ccc[n+](CC(=O)Nc2ccc(C(F)(F)F)cc2)c1. The molecule has 0 fully saturated rings. The summed E-state index contributed by atoms with van der Waals surface area (Å²) in [5, 5.41) is 2.49.